The zero-order valence-electron chi connectivity index (χ0n) is 11.5. The third kappa shape index (κ3) is 2.90. The molecule has 3 rings (SSSR count). The predicted molar refractivity (Wildman–Crippen MR) is 77.4 cm³/mol. The highest BCUT2D eigenvalue weighted by molar-refractivity contribution is 5.85. The molecule has 0 aliphatic heterocycles. The summed E-state index contributed by atoms with van der Waals surface area (Å²) in [4.78, 5) is 8.36. The van der Waals surface area contributed by atoms with Crippen LogP contribution in [0.2, 0.25) is 0 Å². The van der Waals surface area contributed by atoms with Crippen LogP contribution in [0.3, 0.4) is 0 Å². The second-order valence-corrected chi connectivity index (χ2v) is 5.54. The summed E-state index contributed by atoms with van der Waals surface area (Å²) in [5, 5.41) is 21.0. The number of rotatable bonds is 5. The van der Waals surface area contributed by atoms with Gasteiger partial charge in [-0.05, 0) is 31.6 Å². The van der Waals surface area contributed by atoms with Crippen LogP contribution in [0, 0.1) is 5.92 Å². The third-order valence-electron chi connectivity index (χ3n) is 4.16. The highest BCUT2D eigenvalue weighted by Gasteiger charge is 2.22. The normalized spacial score (nSPS) is 23.1. The van der Waals surface area contributed by atoms with Gasteiger partial charge < -0.3 is 10.4 Å². The topological polar surface area (TPSA) is 86.7 Å². The Morgan fingerprint density at radius 1 is 1.30 bits per heavy atom. The molecule has 2 unspecified atom stereocenters. The summed E-state index contributed by atoms with van der Waals surface area (Å²) in [5.41, 5.74) is 0.755. The Hall–Kier alpha value is -1.69. The van der Waals surface area contributed by atoms with Crippen molar-refractivity contribution in [2.24, 2.45) is 5.92 Å². The maximum absolute atomic E-state index is 9.95. The number of aromatic nitrogens is 4. The summed E-state index contributed by atoms with van der Waals surface area (Å²) in [6, 6.07) is 0. The molecule has 2 aromatic heterocycles. The Labute approximate surface area is 118 Å². The van der Waals surface area contributed by atoms with E-state index < -0.39 is 0 Å². The number of hydrogen-bond donors (Lipinski definition) is 3. The lowest BCUT2D eigenvalue weighted by molar-refractivity contribution is 0.0648. The second kappa shape index (κ2) is 6.17. The highest BCUT2D eigenvalue weighted by Crippen LogP contribution is 2.27. The van der Waals surface area contributed by atoms with Crippen molar-refractivity contribution < 1.29 is 5.11 Å². The van der Waals surface area contributed by atoms with Gasteiger partial charge in [-0.25, -0.2) is 9.97 Å². The molecule has 3 N–H and O–H groups in total. The van der Waals surface area contributed by atoms with Crippen molar-refractivity contribution >= 4 is 16.9 Å². The van der Waals surface area contributed by atoms with Crippen LogP contribution in [0.5, 0.6) is 0 Å². The Balaban J connectivity index is 1.49. The van der Waals surface area contributed by atoms with Crippen molar-refractivity contribution in [3.05, 3.63) is 12.5 Å². The molecule has 20 heavy (non-hydrogen) atoms. The Morgan fingerprint density at radius 3 is 3.10 bits per heavy atom. The van der Waals surface area contributed by atoms with Gasteiger partial charge in [-0.3, -0.25) is 5.10 Å². The molecule has 1 aliphatic carbocycles. The summed E-state index contributed by atoms with van der Waals surface area (Å²) in [7, 11) is 0. The van der Waals surface area contributed by atoms with Crippen LogP contribution in [0.15, 0.2) is 12.5 Å². The van der Waals surface area contributed by atoms with Gasteiger partial charge in [0.15, 0.2) is 5.65 Å². The van der Waals surface area contributed by atoms with Crippen LogP contribution < -0.4 is 5.32 Å². The smallest absolute Gasteiger partial charge is 0.160 e. The van der Waals surface area contributed by atoms with Gasteiger partial charge in [0.1, 0.15) is 12.1 Å². The number of anilines is 1. The maximum atomic E-state index is 9.95. The van der Waals surface area contributed by atoms with E-state index in [-0.39, 0.29) is 6.10 Å². The first-order chi connectivity index (χ1) is 9.84. The molecule has 1 fully saturated rings. The quantitative estimate of drug-likeness (QED) is 0.727. The van der Waals surface area contributed by atoms with Crippen molar-refractivity contribution in [2.75, 3.05) is 11.9 Å². The number of aliphatic hydroxyl groups is 1. The van der Waals surface area contributed by atoms with Gasteiger partial charge in [0, 0.05) is 6.54 Å². The van der Waals surface area contributed by atoms with Crippen LogP contribution >= 0.6 is 0 Å². The Morgan fingerprint density at radius 2 is 2.20 bits per heavy atom. The van der Waals surface area contributed by atoms with Crippen molar-refractivity contribution in [2.45, 2.75) is 44.6 Å². The Kier molecular flexibility index (Phi) is 4.11. The predicted octanol–water partition coefficient (Wildman–Crippen LogP) is 2.10. The fraction of sp³-hybridized carbons (Fsp3) is 0.643. The molecule has 0 aromatic carbocycles. The van der Waals surface area contributed by atoms with Gasteiger partial charge in [-0.15, -0.1) is 0 Å². The second-order valence-electron chi connectivity index (χ2n) is 5.54. The third-order valence-corrected chi connectivity index (χ3v) is 4.16. The standard InChI is InChI=1S/C14H21N5O/c20-12-6-2-1-4-10(12)5-3-7-15-13-11-8-18-19-14(11)17-9-16-13/h8-10,12,20H,1-7H2,(H2,15,16,17,18,19). The van der Waals surface area contributed by atoms with Gasteiger partial charge in [0.05, 0.1) is 17.7 Å². The summed E-state index contributed by atoms with van der Waals surface area (Å²) >= 11 is 0. The van der Waals surface area contributed by atoms with E-state index in [4.69, 9.17) is 0 Å². The molecule has 0 amide bonds. The molecular weight excluding hydrogens is 254 g/mol. The number of H-pyrrole nitrogens is 1. The van der Waals surface area contributed by atoms with Crippen molar-refractivity contribution in [3.8, 4) is 0 Å². The first kappa shape index (κ1) is 13.3. The molecule has 2 aromatic rings. The monoisotopic (exact) mass is 275 g/mol. The van der Waals surface area contributed by atoms with Gasteiger partial charge in [-0.2, -0.15) is 5.10 Å². The highest BCUT2D eigenvalue weighted by atomic mass is 16.3. The molecule has 0 radical (unpaired) electrons. The van der Waals surface area contributed by atoms with Crippen molar-refractivity contribution in [1.82, 2.24) is 20.2 Å². The largest absolute Gasteiger partial charge is 0.393 e. The van der Waals surface area contributed by atoms with Gasteiger partial charge in [0.2, 0.25) is 0 Å². The first-order valence-electron chi connectivity index (χ1n) is 7.40. The van der Waals surface area contributed by atoms with Crippen molar-refractivity contribution in [3.63, 3.8) is 0 Å². The zero-order valence-corrected chi connectivity index (χ0v) is 11.5. The maximum Gasteiger partial charge on any atom is 0.160 e. The van der Waals surface area contributed by atoms with Gasteiger partial charge in [-0.1, -0.05) is 12.8 Å². The van der Waals surface area contributed by atoms with E-state index in [2.05, 4.69) is 25.5 Å². The van der Waals surface area contributed by atoms with Gasteiger partial charge >= 0.3 is 0 Å². The van der Waals surface area contributed by atoms with E-state index >= 15 is 0 Å². The van der Waals surface area contributed by atoms with E-state index in [1.807, 2.05) is 0 Å². The fourth-order valence-corrected chi connectivity index (χ4v) is 3.00. The molecule has 108 valence electrons. The van der Waals surface area contributed by atoms with Crippen molar-refractivity contribution in [1.29, 1.82) is 0 Å². The lowest BCUT2D eigenvalue weighted by atomic mass is 9.83. The number of hydrogen-bond acceptors (Lipinski definition) is 5. The molecule has 0 saturated heterocycles. The molecule has 1 saturated carbocycles. The summed E-state index contributed by atoms with van der Waals surface area (Å²) in [6.45, 7) is 0.862. The molecule has 2 atom stereocenters. The average molecular weight is 275 g/mol. The number of nitrogens with zero attached hydrogens (tertiary/aromatic N) is 3. The van der Waals surface area contributed by atoms with E-state index in [0.717, 1.165) is 42.7 Å². The lowest BCUT2D eigenvalue weighted by Crippen LogP contribution is -2.24. The molecule has 0 spiro atoms. The summed E-state index contributed by atoms with van der Waals surface area (Å²) < 4.78 is 0. The molecule has 6 heteroatoms. The van der Waals surface area contributed by atoms with E-state index in [0.29, 0.717) is 5.92 Å². The number of nitrogens with one attached hydrogen (secondary N) is 2. The number of aromatic amines is 1. The lowest BCUT2D eigenvalue weighted by Gasteiger charge is -2.27. The fourth-order valence-electron chi connectivity index (χ4n) is 3.00. The average Bonchev–Trinajstić information content (AvgIpc) is 2.94. The Bertz CT molecular complexity index is 555. The van der Waals surface area contributed by atoms with Crippen LogP contribution in [0.4, 0.5) is 5.82 Å². The zero-order chi connectivity index (χ0) is 13.8. The van der Waals surface area contributed by atoms with Crippen LogP contribution in [0.1, 0.15) is 38.5 Å². The number of fused-ring (bicyclic) bond motifs is 1. The van der Waals surface area contributed by atoms with E-state index in [1.165, 1.54) is 25.6 Å². The summed E-state index contributed by atoms with van der Waals surface area (Å²) in [6.07, 6.45) is 9.88. The van der Waals surface area contributed by atoms with E-state index in [9.17, 15) is 5.11 Å². The minimum absolute atomic E-state index is 0.0941. The minimum atomic E-state index is -0.0941. The van der Waals surface area contributed by atoms with Crippen LogP contribution in [-0.2, 0) is 0 Å². The van der Waals surface area contributed by atoms with Crippen LogP contribution in [0.25, 0.3) is 11.0 Å². The minimum Gasteiger partial charge on any atom is -0.393 e. The van der Waals surface area contributed by atoms with Gasteiger partial charge in [0.25, 0.3) is 0 Å². The van der Waals surface area contributed by atoms with E-state index in [1.54, 1.807) is 6.20 Å². The first-order valence-corrected chi connectivity index (χ1v) is 7.40. The molecular formula is C14H21N5O. The molecule has 2 heterocycles. The molecule has 1 aliphatic rings. The number of aliphatic hydroxyl groups excluding tert-OH is 1. The van der Waals surface area contributed by atoms with Crippen LogP contribution in [-0.4, -0.2) is 37.9 Å². The molecule has 0 bridgehead atoms. The summed E-state index contributed by atoms with van der Waals surface area (Å²) in [5.74, 6) is 1.30. The SMILES string of the molecule is OC1CCCCC1CCCNc1ncnc2[nH]ncc12. The molecule has 6 nitrogen and oxygen atoms in total.